The van der Waals surface area contributed by atoms with Crippen LogP contribution in [0.25, 0.3) is 0 Å². The first kappa shape index (κ1) is 16.0. The molecule has 108 valence electrons. The molecular weight excluding hydrogens is 279 g/mol. The van der Waals surface area contributed by atoms with Crippen molar-refractivity contribution < 1.29 is 13.2 Å². The zero-order chi connectivity index (χ0) is 14.5. The van der Waals surface area contributed by atoms with E-state index in [0.717, 1.165) is 25.3 Å². The van der Waals surface area contributed by atoms with Crippen LogP contribution in [0.2, 0.25) is 5.28 Å². The largest absolute Gasteiger partial charge is 0.433 e. The predicted octanol–water partition coefficient (Wildman–Crippen LogP) is 4.39. The Morgan fingerprint density at radius 2 is 1.95 bits per heavy atom. The molecule has 0 saturated heterocycles. The van der Waals surface area contributed by atoms with Gasteiger partial charge in [0.1, 0.15) is 5.82 Å². The van der Waals surface area contributed by atoms with Crippen LogP contribution >= 0.6 is 11.6 Å². The molecule has 19 heavy (non-hydrogen) atoms. The van der Waals surface area contributed by atoms with E-state index in [-0.39, 0.29) is 5.82 Å². The van der Waals surface area contributed by atoms with E-state index in [0.29, 0.717) is 12.5 Å². The molecule has 3 nitrogen and oxygen atoms in total. The quantitative estimate of drug-likeness (QED) is 0.625. The number of nitrogens with zero attached hydrogens (tertiary/aromatic N) is 2. The van der Waals surface area contributed by atoms with Crippen molar-refractivity contribution in [3.8, 4) is 0 Å². The van der Waals surface area contributed by atoms with Crippen molar-refractivity contribution >= 4 is 17.4 Å². The highest BCUT2D eigenvalue weighted by Gasteiger charge is 2.33. The fourth-order valence-electron chi connectivity index (χ4n) is 1.55. The summed E-state index contributed by atoms with van der Waals surface area (Å²) in [5.41, 5.74) is -1.03. The summed E-state index contributed by atoms with van der Waals surface area (Å²) in [6, 6.07) is 0.869. The van der Waals surface area contributed by atoms with Crippen molar-refractivity contribution in [3.63, 3.8) is 0 Å². The number of unbranched alkanes of at least 4 members (excludes halogenated alkanes) is 1. The number of aromatic nitrogens is 2. The highest BCUT2D eigenvalue weighted by atomic mass is 35.5. The number of rotatable bonds is 6. The standard InChI is InChI=1S/C12H17ClF3N3/c1-8(2)5-3-4-6-17-10-7-9(12(14,15)16)18-11(13)19-10/h7-8H,3-6H2,1-2H3,(H,17,18,19). The molecule has 1 aromatic rings. The number of hydrogen-bond acceptors (Lipinski definition) is 3. The van der Waals surface area contributed by atoms with Gasteiger partial charge in [0.05, 0.1) is 0 Å². The van der Waals surface area contributed by atoms with E-state index in [1.807, 2.05) is 0 Å². The van der Waals surface area contributed by atoms with Gasteiger partial charge >= 0.3 is 6.18 Å². The molecule has 0 spiro atoms. The summed E-state index contributed by atoms with van der Waals surface area (Å²) in [6.07, 6.45) is -1.52. The van der Waals surface area contributed by atoms with Crippen LogP contribution in [0.5, 0.6) is 0 Å². The topological polar surface area (TPSA) is 37.8 Å². The maximum absolute atomic E-state index is 12.5. The summed E-state index contributed by atoms with van der Waals surface area (Å²) in [6.45, 7) is 4.83. The van der Waals surface area contributed by atoms with E-state index < -0.39 is 17.2 Å². The summed E-state index contributed by atoms with van der Waals surface area (Å²) in [5, 5.41) is 2.43. The summed E-state index contributed by atoms with van der Waals surface area (Å²) < 4.78 is 37.5. The number of halogens is 4. The molecular formula is C12H17ClF3N3. The average molecular weight is 296 g/mol. The van der Waals surface area contributed by atoms with Crippen molar-refractivity contribution in [3.05, 3.63) is 17.0 Å². The highest BCUT2D eigenvalue weighted by molar-refractivity contribution is 6.28. The summed E-state index contributed by atoms with van der Waals surface area (Å²) in [4.78, 5) is 6.89. The van der Waals surface area contributed by atoms with Crippen molar-refractivity contribution in [2.24, 2.45) is 5.92 Å². The molecule has 0 aliphatic carbocycles. The molecule has 0 unspecified atom stereocenters. The Balaban J connectivity index is 2.52. The van der Waals surface area contributed by atoms with Gasteiger partial charge in [-0.3, -0.25) is 0 Å². The van der Waals surface area contributed by atoms with Crippen molar-refractivity contribution in [2.75, 3.05) is 11.9 Å². The van der Waals surface area contributed by atoms with Gasteiger partial charge in [-0.2, -0.15) is 13.2 Å². The van der Waals surface area contributed by atoms with E-state index in [1.165, 1.54) is 0 Å². The number of nitrogens with one attached hydrogen (secondary N) is 1. The molecule has 0 aliphatic rings. The van der Waals surface area contributed by atoms with Crippen molar-refractivity contribution in [2.45, 2.75) is 39.3 Å². The van der Waals surface area contributed by atoms with Gasteiger partial charge in [0, 0.05) is 12.6 Å². The lowest BCUT2D eigenvalue weighted by atomic mass is 10.1. The lowest BCUT2D eigenvalue weighted by Gasteiger charge is -2.10. The minimum absolute atomic E-state index is 0.108. The summed E-state index contributed by atoms with van der Waals surface area (Å²) in [5.74, 6) is 0.738. The van der Waals surface area contributed by atoms with E-state index in [4.69, 9.17) is 11.6 Å². The molecule has 1 N–H and O–H groups in total. The van der Waals surface area contributed by atoms with Gasteiger partial charge in [0.15, 0.2) is 5.69 Å². The van der Waals surface area contributed by atoms with Crippen LogP contribution in [0, 0.1) is 5.92 Å². The van der Waals surface area contributed by atoms with Crippen molar-refractivity contribution in [1.82, 2.24) is 9.97 Å². The smallest absolute Gasteiger partial charge is 0.370 e. The Morgan fingerprint density at radius 3 is 2.53 bits per heavy atom. The number of hydrogen-bond donors (Lipinski definition) is 1. The van der Waals surface area contributed by atoms with E-state index in [1.54, 1.807) is 0 Å². The predicted molar refractivity (Wildman–Crippen MR) is 69.2 cm³/mol. The number of anilines is 1. The zero-order valence-electron chi connectivity index (χ0n) is 10.9. The third-order valence-corrected chi connectivity index (χ3v) is 2.67. The molecule has 1 aromatic heterocycles. The van der Waals surface area contributed by atoms with Crippen LogP contribution in [0.15, 0.2) is 6.07 Å². The maximum Gasteiger partial charge on any atom is 0.433 e. The average Bonchev–Trinajstić information content (AvgIpc) is 2.26. The lowest BCUT2D eigenvalue weighted by molar-refractivity contribution is -0.141. The lowest BCUT2D eigenvalue weighted by Crippen LogP contribution is -2.11. The zero-order valence-corrected chi connectivity index (χ0v) is 11.6. The van der Waals surface area contributed by atoms with Crippen LogP contribution in [-0.4, -0.2) is 16.5 Å². The molecule has 7 heteroatoms. The van der Waals surface area contributed by atoms with Gasteiger partial charge < -0.3 is 5.32 Å². The van der Waals surface area contributed by atoms with Gasteiger partial charge in [0.25, 0.3) is 0 Å². The molecule has 0 atom stereocenters. The first-order valence-corrected chi connectivity index (χ1v) is 6.52. The summed E-state index contributed by atoms with van der Waals surface area (Å²) >= 11 is 5.48. The van der Waals surface area contributed by atoms with E-state index >= 15 is 0 Å². The normalized spacial score (nSPS) is 11.9. The first-order chi connectivity index (χ1) is 8.79. The van der Waals surface area contributed by atoms with Gasteiger partial charge in [-0.05, 0) is 23.9 Å². The molecule has 0 fully saturated rings. The molecule has 0 radical (unpaired) electrons. The maximum atomic E-state index is 12.5. The Kier molecular flexibility index (Phi) is 5.85. The van der Waals surface area contributed by atoms with Crippen LogP contribution in [0.3, 0.4) is 0 Å². The molecule has 1 rings (SSSR count). The number of alkyl halides is 3. The fourth-order valence-corrected chi connectivity index (χ4v) is 1.73. The first-order valence-electron chi connectivity index (χ1n) is 6.14. The van der Waals surface area contributed by atoms with Crippen LogP contribution in [0.1, 0.15) is 38.8 Å². The second kappa shape index (κ2) is 6.93. The minimum atomic E-state index is -4.51. The second-order valence-corrected chi connectivity index (χ2v) is 5.06. The second-order valence-electron chi connectivity index (χ2n) is 4.72. The molecule has 0 aromatic carbocycles. The van der Waals surface area contributed by atoms with Crippen LogP contribution in [-0.2, 0) is 6.18 Å². The van der Waals surface area contributed by atoms with Gasteiger partial charge in [0.2, 0.25) is 5.28 Å². The van der Waals surface area contributed by atoms with E-state index in [9.17, 15) is 13.2 Å². The molecule has 0 aliphatic heterocycles. The molecule has 0 amide bonds. The Morgan fingerprint density at radius 1 is 1.26 bits per heavy atom. The third-order valence-electron chi connectivity index (χ3n) is 2.50. The Bertz CT molecular complexity index is 408. The van der Waals surface area contributed by atoms with Gasteiger partial charge in [-0.1, -0.05) is 26.7 Å². The highest BCUT2D eigenvalue weighted by Crippen LogP contribution is 2.29. The molecule has 0 saturated carbocycles. The Labute approximate surface area is 115 Å². The van der Waals surface area contributed by atoms with Gasteiger partial charge in [-0.25, -0.2) is 9.97 Å². The monoisotopic (exact) mass is 295 g/mol. The van der Waals surface area contributed by atoms with E-state index in [2.05, 4.69) is 29.1 Å². The van der Waals surface area contributed by atoms with Crippen LogP contribution in [0.4, 0.5) is 19.0 Å². The molecule has 1 heterocycles. The van der Waals surface area contributed by atoms with Crippen molar-refractivity contribution in [1.29, 1.82) is 0 Å². The summed E-state index contributed by atoms with van der Waals surface area (Å²) in [7, 11) is 0. The minimum Gasteiger partial charge on any atom is -0.370 e. The molecule has 0 bridgehead atoms. The van der Waals surface area contributed by atoms with Crippen LogP contribution < -0.4 is 5.32 Å². The van der Waals surface area contributed by atoms with Gasteiger partial charge in [-0.15, -0.1) is 0 Å². The third kappa shape index (κ3) is 6.09. The Hall–Kier alpha value is -1.04. The SMILES string of the molecule is CC(C)CCCCNc1cc(C(F)(F)F)nc(Cl)n1. The fraction of sp³-hybridized carbons (Fsp3) is 0.667.